The van der Waals surface area contributed by atoms with Gasteiger partial charge in [-0.2, -0.15) is 0 Å². The molecule has 6 heteroatoms. The average molecular weight is 412 g/mol. The first-order valence-corrected chi connectivity index (χ1v) is 9.98. The van der Waals surface area contributed by atoms with Gasteiger partial charge < -0.3 is 9.47 Å². The quantitative estimate of drug-likeness (QED) is 0.719. The number of allylic oxidation sites excluding steroid dienone is 2. The lowest BCUT2D eigenvalue weighted by atomic mass is 9.77. The van der Waals surface area contributed by atoms with Crippen LogP contribution in [0.2, 0.25) is 5.02 Å². The van der Waals surface area contributed by atoms with Gasteiger partial charge in [0.2, 0.25) is 5.91 Å². The van der Waals surface area contributed by atoms with Crippen molar-refractivity contribution in [3.05, 3.63) is 64.3 Å². The predicted molar refractivity (Wildman–Crippen MR) is 112 cm³/mol. The molecule has 29 heavy (non-hydrogen) atoms. The third-order valence-electron chi connectivity index (χ3n) is 5.55. The number of anilines is 1. The van der Waals surface area contributed by atoms with Gasteiger partial charge in [0, 0.05) is 35.1 Å². The first-order valence-electron chi connectivity index (χ1n) is 9.60. The number of hydrogen-bond acceptors (Lipinski definition) is 4. The Bertz CT molecular complexity index is 1010. The second-order valence-corrected chi connectivity index (χ2v) is 7.65. The van der Waals surface area contributed by atoms with Crippen LogP contribution in [0.15, 0.2) is 53.7 Å². The number of ether oxygens (including phenoxy) is 2. The Hall–Kier alpha value is -2.79. The van der Waals surface area contributed by atoms with Gasteiger partial charge >= 0.3 is 0 Å². The second-order valence-electron chi connectivity index (χ2n) is 7.22. The summed E-state index contributed by atoms with van der Waals surface area (Å²) in [7, 11) is 3.15. The minimum absolute atomic E-state index is 0.0412. The Morgan fingerprint density at radius 3 is 2.52 bits per heavy atom. The topological polar surface area (TPSA) is 55.8 Å². The molecule has 1 unspecified atom stereocenters. The van der Waals surface area contributed by atoms with E-state index in [0.717, 1.165) is 23.3 Å². The number of Topliss-reactive ketones (excluding diaryl/α,β-unsaturated/α-hetero) is 1. The summed E-state index contributed by atoms with van der Waals surface area (Å²) in [5.74, 6) is 0.967. The van der Waals surface area contributed by atoms with Crippen molar-refractivity contribution in [3.8, 4) is 11.5 Å². The highest BCUT2D eigenvalue weighted by Crippen LogP contribution is 2.45. The highest BCUT2D eigenvalue weighted by Gasteiger charge is 2.40. The second kappa shape index (κ2) is 7.91. The maximum absolute atomic E-state index is 13.2. The van der Waals surface area contributed by atoms with Crippen LogP contribution < -0.4 is 14.4 Å². The van der Waals surface area contributed by atoms with Crippen LogP contribution in [0.5, 0.6) is 11.5 Å². The minimum Gasteiger partial charge on any atom is -0.493 e. The van der Waals surface area contributed by atoms with Crippen molar-refractivity contribution < 1.29 is 19.1 Å². The van der Waals surface area contributed by atoms with Crippen molar-refractivity contribution in [2.75, 3.05) is 19.1 Å². The van der Waals surface area contributed by atoms with Gasteiger partial charge in [-0.1, -0.05) is 23.7 Å². The summed E-state index contributed by atoms with van der Waals surface area (Å²) in [5.41, 5.74) is 3.10. The molecule has 1 atom stereocenters. The molecule has 4 rings (SSSR count). The van der Waals surface area contributed by atoms with E-state index < -0.39 is 0 Å². The van der Waals surface area contributed by atoms with E-state index in [1.165, 1.54) is 0 Å². The summed E-state index contributed by atoms with van der Waals surface area (Å²) in [6.07, 6.45) is 2.14. The molecule has 0 aromatic heterocycles. The molecule has 2 aromatic carbocycles. The van der Waals surface area contributed by atoms with Crippen LogP contribution in [0.4, 0.5) is 5.69 Å². The maximum atomic E-state index is 13.2. The smallest absolute Gasteiger partial charge is 0.232 e. The summed E-state index contributed by atoms with van der Waals surface area (Å²) in [5, 5.41) is 0.557. The fourth-order valence-electron chi connectivity index (χ4n) is 4.26. The van der Waals surface area contributed by atoms with E-state index in [2.05, 4.69) is 0 Å². The summed E-state index contributed by atoms with van der Waals surface area (Å²) in [4.78, 5) is 27.8. The number of carbonyl (C=O) groups is 2. The van der Waals surface area contributed by atoms with E-state index in [9.17, 15) is 9.59 Å². The minimum atomic E-state index is -0.291. The monoisotopic (exact) mass is 411 g/mol. The van der Waals surface area contributed by atoms with Crippen molar-refractivity contribution in [2.24, 2.45) is 0 Å². The van der Waals surface area contributed by atoms with Gasteiger partial charge in [0.15, 0.2) is 17.3 Å². The Morgan fingerprint density at radius 1 is 1.00 bits per heavy atom. The molecule has 0 bridgehead atoms. The molecule has 1 heterocycles. The van der Waals surface area contributed by atoms with Gasteiger partial charge in [0.05, 0.1) is 19.9 Å². The molecule has 150 valence electrons. The molecule has 0 fully saturated rings. The highest BCUT2D eigenvalue weighted by molar-refractivity contribution is 6.31. The number of benzene rings is 2. The third kappa shape index (κ3) is 3.51. The molecule has 0 saturated carbocycles. The number of carbonyl (C=O) groups excluding carboxylic acids is 2. The van der Waals surface area contributed by atoms with E-state index in [-0.39, 0.29) is 24.0 Å². The van der Waals surface area contributed by atoms with Crippen molar-refractivity contribution in [1.29, 1.82) is 0 Å². The number of ketones is 1. The molecular weight excluding hydrogens is 390 g/mol. The number of methoxy groups -OCH3 is 2. The van der Waals surface area contributed by atoms with E-state index in [1.807, 2.05) is 30.3 Å². The lowest BCUT2D eigenvalue weighted by molar-refractivity contribution is -0.119. The molecule has 0 spiro atoms. The third-order valence-corrected chi connectivity index (χ3v) is 5.79. The number of hydrogen-bond donors (Lipinski definition) is 0. The molecule has 0 radical (unpaired) electrons. The van der Waals surface area contributed by atoms with Crippen LogP contribution in [-0.2, 0) is 9.59 Å². The van der Waals surface area contributed by atoms with Crippen molar-refractivity contribution in [2.45, 2.75) is 31.6 Å². The first-order chi connectivity index (χ1) is 14.0. The number of nitrogens with zero attached hydrogens (tertiary/aromatic N) is 1. The van der Waals surface area contributed by atoms with Gasteiger partial charge in [-0.05, 0) is 48.7 Å². The fourth-order valence-corrected chi connectivity index (χ4v) is 4.45. The summed E-state index contributed by atoms with van der Waals surface area (Å²) in [6.45, 7) is 0. The number of amides is 1. The molecule has 0 saturated heterocycles. The van der Waals surface area contributed by atoms with E-state index in [4.69, 9.17) is 21.1 Å². The molecule has 1 aliphatic heterocycles. The number of rotatable bonds is 4. The standard InChI is InChI=1S/C23H22ClNO4/c1-28-20-10-9-14(11-21(20)29-2)17-13-22(27)25(16-6-3-5-15(24)12-16)18-7-4-8-19(26)23(17)18/h3,5-6,9-12,17H,4,7-8,13H2,1-2H3. The van der Waals surface area contributed by atoms with Crippen molar-refractivity contribution in [3.63, 3.8) is 0 Å². The molecule has 1 amide bonds. The van der Waals surface area contributed by atoms with Gasteiger partial charge in [-0.25, -0.2) is 0 Å². The normalized spacial score (nSPS) is 19.3. The van der Waals surface area contributed by atoms with Gasteiger partial charge in [-0.3, -0.25) is 14.5 Å². The molecule has 2 aliphatic rings. The molecular formula is C23H22ClNO4. The van der Waals surface area contributed by atoms with Gasteiger partial charge in [0.25, 0.3) is 0 Å². The first kappa shape index (κ1) is 19.5. The molecule has 2 aromatic rings. The highest BCUT2D eigenvalue weighted by atomic mass is 35.5. The van der Waals surface area contributed by atoms with Gasteiger partial charge in [0.1, 0.15) is 0 Å². The predicted octanol–water partition coefficient (Wildman–Crippen LogP) is 4.88. The van der Waals surface area contributed by atoms with Crippen molar-refractivity contribution in [1.82, 2.24) is 0 Å². The fraction of sp³-hybridized carbons (Fsp3) is 0.304. The SMILES string of the molecule is COc1ccc(C2CC(=O)N(c3cccc(Cl)c3)C3=C2C(=O)CCC3)cc1OC. The van der Waals surface area contributed by atoms with Gasteiger partial charge in [-0.15, -0.1) is 0 Å². The van der Waals surface area contributed by atoms with Crippen LogP contribution in [0.25, 0.3) is 0 Å². The zero-order valence-electron chi connectivity index (χ0n) is 16.4. The van der Waals surface area contributed by atoms with E-state index in [1.54, 1.807) is 31.3 Å². The molecule has 5 nitrogen and oxygen atoms in total. The van der Waals surface area contributed by atoms with Crippen LogP contribution in [0.3, 0.4) is 0 Å². The zero-order valence-corrected chi connectivity index (χ0v) is 17.2. The van der Waals surface area contributed by atoms with Crippen LogP contribution >= 0.6 is 11.6 Å². The lowest BCUT2D eigenvalue weighted by Crippen LogP contribution is -2.40. The zero-order chi connectivity index (χ0) is 20.5. The summed E-state index contributed by atoms with van der Waals surface area (Å²) >= 11 is 6.16. The summed E-state index contributed by atoms with van der Waals surface area (Å²) < 4.78 is 10.7. The maximum Gasteiger partial charge on any atom is 0.232 e. The lowest BCUT2D eigenvalue weighted by Gasteiger charge is -2.38. The number of halogens is 1. The Balaban J connectivity index is 1.84. The molecule has 0 N–H and O–H groups in total. The van der Waals surface area contributed by atoms with Crippen molar-refractivity contribution >= 4 is 29.0 Å². The van der Waals surface area contributed by atoms with Crippen LogP contribution in [-0.4, -0.2) is 25.9 Å². The van der Waals surface area contributed by atoms with E-state index in [0.29, 0.717) is 35.1 Å². The summed E-state index contributed by atoms with van der Waals surface area (Å²) in [6, 6.07) is 12.8. The molecule has 1 aliphatic carbocycles. The van der Waals surface area contributed by atoms with Crippen LogP contribution in [0.1, 0.15) is 37.2 Å². The average Bonchev–Trinajstić information content (AvgIpc) is 2.72. The van der Waals surface area contributed by atoms with Crippen LogP contribution in [0, 0.1) is 0 Å². The largest absolute Gasteiger partial charge is 0.493 e. The Labute approximate surface area is 174 Å². The Morgan fingerprint density at radius 2 is 1.79 bits per heavy atom. The van der Waals surface area contributed by atoms with E-state index >= 15 is 0 Å². The Kier molecular flexibility index (Phi) is 5.33.